The van der Waals surface area contributed by atoms with Crippen LogP contribution in [0, 0.1) is 55.4 Å². The fourth-order valence-corrected chi connectivity index (χ4v) is 11.6. The molecule has 0 aromatic heterocycles. The molecule has 0 radical (unpaired) electrons. The van der Waals surface area contributed by atoms with Gasteiger partial charge in [0.15, 0.2) is 0 Å². The van der Waals surface area contributed by atoms with E-state index in [-0.39, 0.29) is 86.9 Å². The van der Waals surface area contributed by atoms with E-state index in [9.17, 15) is 18.3 Å². The second kappa shape index (κ2) is 110. The molecule has 624 valence electrons. The van der Waals surface area contributed by atoms with E-state index in [1.165, 1.54) is 0 Å². The first kappa shape index (κ1) is 145. The van der Waals surface area contributed by atoms with Crippen molar-refractivity contribution in [2.45, 2.75) is 111 Å². The van der Waals surface area contributed by atoms with Crippen molar-refractivity contribution in [1.29, 1.82) is 0 Å². The number of hydrogen-bond acceptors (Lipinski definition) is 12. The van der Waals surface area contributed by atoms with Gasteiger partial charge in [0.2, 0.25) is 0 Å². The van der Waals surface area contributed by atoms with Gasteiger partial charge in [-0.2, -0.15) is 169 Å². The molecule has 0 aliphatic heterocycles. The SMILES string of the molecule is CCOP(=O)([N-]c1c(C)cccc1C)OCC.CCOP(=O)([N-]c1c(C)cccc1C)OCC.CCOP(=O)([N-]c1c(C)cccc1C)OCC.CCOP(=O)([N-]c1c(C)cccc1C)OCC.C[N-]C.C[N-]C.C[N-]C.C[N-]C.C[N-]C.C[N-]C.C[N-]C.C[N-]C.C[N-]C.C[N-]C.C[N-]C.C[N-]C.[Ti+4].[Ti+4].[Ti+4].[Ti+4]. The summed E-state index contributed by atoms with van der Waals surface area (Å²) >= 11 is 0. The zero-order valence-corrected chi connectivity index (χ0v) is 84.3. The fraction of sp³-hybridized carbons (Fsp3) is 0.667. The third kappa shape index (κ3) is 99.3. The Bertz CT molecular complexity index is 2120. The molecule has 0 aliphatic carbocycles. The standard InChI is InChI=1S/4C12H19NO3P.12C2H6N.4Ti/c4*1-5-15-17(14,16-6-2)13-12-10(3)8-7-9-11(12)4;12*1-3-2;;;;/h4*7-9H,5-6H2,1-4H3;12*1-2H3;;;;/q16*-1;4*+4. The van der Waals surface area contributed by atoms with Crippen LogP contribution in [0.1, 0.15) is 99.9 Å². The molecular weight excluding hydrogens is 1600 g/mol. The predicted molar refractivity (Wildman–Crippen MR) is 462 cm³/mol. The van der Waals surface area contributed by atoms with Gasteiger partial charge in [0.1, 0.15) is 0 Å². The van der Waals surface area contributed by atoms with E-state index in [1.807, 2.05) is 128 Å². The molecule has 0 aliphatic rings. The summed E-state index contributed by atoms with van der Waals surface area (Å²) in [6.45, 7) is 32.0. The monoisotopic (exact) mass is 1740 g/mol. The van der Waals surface area contributed by atoms with Gasteiger partial charge in [-0.3, -0.25) is 18.3 Å². The predicted octanol–water partition coefficient (Wildman–Crippen LogP) is 25.4. The normalized spacial score (nSPS) is 9.26. The molecule has 0 heterocycles. The van der Waals surface area contributed by atoms with Crippen molar-refractivity contribution < 1.29 is 141 Å². The summed E-state index contributed by atoms with van der Waals surface area (Å²) in [7, 11) is 28.5. The first-order chi connectivity index (χ1) is 49.1. The van der Waals surface area contributed by atoms with E-state index in [2.05, 4.69) is 84.2 Å². The number of rotatable bonds is 24. The van der Waals surface area contributed by atoms with E-state index < -0.39 is 31.0 Å². The Morgan fingerprint density at radius 2 is 0.278 bits per heavy atom. The smallest absolute Gasteiger partial charge is 0.668 e. The number of nitrogens with zero attached hydrogens (tertiary/aromatic N) is 16. The molecule has 0 N–H and O–H groups in total. The Balaban J connectivity index is -0.0000000641. The zero-order chi connectivity index (χ0) is 84.0. The molecular formula is C72H148N16O12P4Ti4. The minimum Gasteiger partial charge on any atom is -0.668 e. The van der Waals surface area contributed by atoms with Gasteiger partial charge in [-0.1, -0.05) is 117 Å². The van der Waals surface area contributed by atoms with Crippen LogP contribution in [-0.2, 0) is 141 Å². The van der Waals surface area contributed by atoms with Gasteiger partial charge in [-0.25, -0.2) is 0 Å². The summed E-state index contributed by atoms with van der Waals surface area (Å²) in [5.41, 5.74) is 10.5. The van der Waals surface area contributed by atoms with Crippen molar-refractivity contribution in [3.05, 3.63) is 201 Å². The molecule has 0 spiro atoms. The van der Waals surface area contributed by atoms with Crippen LogP contribution in [0.4, 0.5) is 22.7 Å². The summed E-state index contributed by atoms with van der Waals surface area (Å²) in [6.07, 6.45) is 0. The second-order valence-electron chi connectivity index (χ2n) is 19.9. The van der Waals surface area contributed by atoms with Gasteiger partial charge < -0.3 is 120 Å². The van der Waals surface area contributed by atoms with E-state index in [0.717, 1.165) is 44.5 Å². The fourth-order valence-electron chi connectivity index (χ4n) is 6.03. The van der Waals surface area contributed by atoms with Crippen molar-refractivity contribution in [3.63, 3.8) is 0 Å². The molecule has 4 rings (SSSR count). The Morgan fingerprint density at radius 3 is 0.343 bits per heavy atom. The Kier molecular flexibility index (Phi) is 148. The van der Waals surface area contributed by atoms with Gasteiger partial charge in [0, 0.05) is 0 Å². The van der Waals surface area contributed by atoms with Crippen LogP contribution in [0.5, 0.6) is 0 Å². The largest absolute Gasteiger partial charge is 4.00 e. The Hall–Kier alpha value is -0.943. The minimum atomic E-state index is -3.37. The molecule has 108 heavy (non-hydrogen) atoms. The van der Waals surface area contributed by atoms with Gasteiger partial charge in [0.05, 0.1) is 52.9 Å². The zero-order valence-electron chi connectivity index (χ0n) is 74.4. The van der Waals surface area contributed by atoms with Crippen LogP contribution >= 0.6 is 31.0 Å². The van der Waals surface area contributed by atoms with Crippen LogP contribution in [-0.4, -0.2) is 222 Å². The first-order valence-electron chi connectivity index (χ1n) is 33.6. The minimum absolute atomic E-state index is 0. The van der Waals surface area contributed by atoms with Crippen LogP contribution in [0.25, 0.3) is 84.2 Å². The van der Waals surface area contributed by atoms with E-state index >= 15 is 0 Å². The number of benzene rings is 4. The van der Waals surface area contributed by atoms with Gasteiger partial charge in [0.25, 0.3) is 31.0 Å². The van der Waals surface area contributed by atoms with Crippen LogP contribution < -0.4 is 0 Å². The van der Waals surface area contributed by atoms with E-state index in [1.54, 1.807) is 225 Å². The van der Waals surface area contributed by atoms with Crippen LogP contribution in [0.3, 0.4) is 0 Å². The summed E-state index contributed by atoms with van der Waals surface area (Å²) in [5.74, 6) is 0. The molecule has 0 unspecified atom stereocenters. The maximum absolute atomic E-state index is 12.3. The van der Waals surface area contributed by atoms with Crippen molar-refractivity contribution >= 4 is 53.7 Å². The van der Waals surface area contributed by atoms with Crippen LogP contribution in [0.2, 0.25) is 0 Å². The molecule has 4 aromatic carbocycles. The van der Waals surface area contributed by atoms with Crippen molar-refractivity contribution in [2.75, 3.05) is 222 Å². The molecule has 0 saturated heterocycles. The van der Waals surface area contributed by atoms with Gasteiger partial charge in [-0.05, 0) is 111 Å². The average molecular weight is 1750 g/mol. The average Bonchev–Trinajstić information content (AvgIpc) is 0.861. The summed E-state index contributed by atoms with van der Waals surface area (Å²) < 4.78 is 90.3. The molecule has 4 aromatic rings. The van der Waals surface area contributed by atoms with E-state index in [4.69, 9.17) is 36.2 Å². The van der Waals surface area contributed by atoms with E-state index in [0.29, 0.717) is 75.6 Å². The third-order valence-electron chi connectivity index (χ3n) is 8.99. The summed E-state index contributed by atoms with van der Waals surface area (Å²) in [4.78, 5) is 0. The molecule has 28 nitrogen and oxygen atoms in total. The summed E-state index contributed by atoms with van der Waals surface area (Å²) in [5, 5.41) is 58.7. The maximum Gasteiger partial charge on any atom is 4.00 e. The molecule has 0 amide bonds. The Labute approximate surface area is 723 Å². The topological polar surface area (TPSA) is 368 Å². The quantitative estimate of drug-likeness (QED) is 0.0467. The Morgan fingerprint density at radius 1 is 0.204 bits per heavy atom. The van der Waals surface area contributed by atoms with Crippen molar-refractivity contribution in [3.8, 4) is 0 Å². The van der Waals surface area contributed by atoms with Crippen molar-refractivity contribution in [1.82, 2.24) is 0 Å². The molecule has 0 bridgehead atoms. The third-order valence-corrected chi connectivity index (χ3v) is 15.4. The molecule has 0 saturated carbocycles. The van der Waals surface area contributed by atoms with Gasteiger partial charge in [-0.15, -0.1) is 22.7 Å². The van der Waals surface area contributed by atoms with Gasteiger partial charge >= 0.3 is 86.9 Å². The molecule has 0 fully saturated rings. The second-order valence-corrected chi connectivity index (χ2v) is 26.6. The summed E-state index contributed by atoms with van der Waals surface area (Å²) in [6, 6.07) is 23.2. The first-order valence-corrected chi connectivity index (χ1v) is 39.5. The van der Waals surface area contributed by atoms with Crippen LogP contribution in [0.15, 0.2) is 72.8 Å². The molecule has 36 heteroatoms. The number of hydrogen-bond donors (Lipinski definition) is 0. The maximum atomic E-state index is 12.3. The number of aryl methyl sites for hydroxylation is 8. The molecule has 0 atom stereocenters. The van der Waals surface area contributed by atoms with Crippen molar-refractivity contribution in [2.24, 2.45) is 0 Å².